The van der Waals surface area contributed by atoms with Crippen molar-refractivity contribution in [1.82, 2.24) is 5.32 Å². The van der Waals surface area contributed by atoms with Gasteiger partial charge in [0.25, 0.3) is 0 Å². The summed E-state index contributed by atoms with van der Waals surface area (Å²) in [6, 6.07) is 72.6. The smallest absolute Gasteiger partial charge is 0.179 e. The zero-order valence-corrected chi connectivity index (χ0v) is 32.6. The Bertz CT molecular complexity index is 2540. The molecule has 0 bridgehead atoms. The monoisotopic (exact) mass is 753 g/mol. The van der Waals surface area contributed by atoms with Crippen LogP contribution in [0.2, 0.25) is 0 Å². The third-order valence-corrected chi connectivity index (χ3v) is 17.3. The fourth-order valence-corrected chi connectivity index (χ4v) is 14.9. The molecule has 2 aliphatic heterocycles. The van der Waals surface area contributed by atoms with E-state index in [1.54, 1.807) is 0 Å². The summed E-state index contributed by atoms with van der Waals surface area (Å²) in [7, 11) is -2.72. The number of allylic oxidation sites excluding steroid dienone is 2. The second-order valence-corrected chi connectivity index (χ2v) is 19.5. The van der Waals surface area contributed by atoms with Crippen LogP contribution in [0.5, 0.6) is 0 Å². The van der Waals surface area contributed by atoms with Gasteiger partial charge in [-0.3, -0.25) is 0 Å². The van der Waals surface area contributed by atoms with E-state index in [0.717, 1.165) is 22.8 Å². The first-order chi connectivity index (χ1) is 27.8. The molecule has 3 nitrogen and oxygen atoms in total. The number of thioether (sulfide) groups is 1. The molecule has 3 aliphatic rings. The van der Waals surface area contributed by atoms with Crippen molar-refractivity contribution in [2.24, 2.45) is 9.98 Å². The van der Waals surface area contributed by atoms with Gasteiger partial charge in [0, 0.05) is 27.2 Å². The van der Waals surface area contributed by atoms with Gasteiger partial charge in [-0.25, -0.2) is 9.98 Å². The topological polar surface area (TPSA) is 36.8 Å². The number of benzene rings is 7. The molecule has 7 aromatic rings. The summed E-state index contributed by atoms with van der Waals surface area (Å²) in [5.74, 6) is 1.86. The Morgan fingerprint density at radius 2 is 1.00 bits per heavy atom. The van der Waals surface area contributed by atoms with Gasteiger partial charge in [0.05, 0.1) is 0 Å². The van der Waals surface area contributed by atoms with Crippen LogP contribution >= 0.6 is 11.8 Å². The SMILES string of the molecule is C1=C(c2cccc([Si](c3ccccc3)(c3ccccc3)c3ccccc3)c2)C=C(C2=NC(c3ccccc3)N=C(c3ccccc3)N2)C2c3ccccc3SC12. The van der Waals surface area contributed by atoms with E-state index >= 15 is 0 Å². The zero-order chi connectivity index (χ0) is 37.3. The van der Waals surface area contributed by atoms with Gasteiger partial charge in [0.1, 0.15) is 11.7 Å². The van der Waals surface area contributed by atoms with E-state index in [2.05, 4.69) is 206 Å². The Balaban J connectivity index is 1.15. The number of fused-ring (bicyclic) bond motifs is 3. The Morgan fingerprint density at radius 3 is 1.64 bits per heavy atom. The van der Waals surface area contributed by atoms with Crippen molar-refractivity contribution in [1.29, 1.82) is 0 Å². The maximum absolute atomic E-state index is 5.41. The quantitative estimate of drug-likeness (QED) is 0.125. The summed E-state index contributed by atoms with van der Waals surface area (Å²) in [4.78, 5) is 11.9. The first kappa shape index (κ1) is 34.2. The van der Waals surface area contributed by atoms with E-state index in [1.165, 1.54) is 47.9 Å². The van der Waals surface area contributed by atoms with Gasteiger partial charge in [0.15, 0.2) is 14.2 Å². The second kappa shape index (κ2) is 14.8. The summed E-state index contributed by atoms with van der Waals surface area (Å²) in [6.45, 7) is 0. The predicted octanol–water partition coefficient (Wildman–Crippen LogP) is 8.79. The zero-order valence-electron chi connectivity index (χ0n) is 30.7. The molecular formula is C51H39N3SSi. The highest BCUT2D eigenvalue weighted by atomic mass is 32.2. The van der Waals surface area contributed by atoms with Crippen LogP contribution in [0.15, 0.2) is 233 Å². The lowest BCUT2D eigenvalue weighted by Gasteiger charge is -2.35. The molecule has 0 spiro atoms. The highest BCUT2D eigenvalue weighted by Gasteiger charge is 2.43. The molecule has 10 rings (SSSR count). The van der Waals surface area contributed by atoms with Crippen LogP contribution in [0.1, 0.15) is 34.3 Å². The average Bonchev–Trinajstić information content (AvgIpc) is 3.67. The summed E-state index contributed by atoms with van der Waals surface area (Å²) < 4.78 is 0. The van der Waals surface area contributed by atoms with Gasteiger partial charge in [0.2, 0.25) is 0 Å². The highest BCUT2D eigenvalue weighted by molar-refractivity contribution is 8.00. The lowest BCUT2D eigenvalue weighted by Crippen LogP contribution is -2.74. The third kappa shape index (κ3) is 6.10. The van der Waals surface area contributed by atoms with Gasteiger partial charge < -0.3 is 5.32 Å². The summed E-state index contributed by atoms with van der Waals surface area (Å²) in [5, 5.41) is 9.42. The molecule has 7 aromatic carbocycles. The number of rotatable bonds is 8. The summed E-state index contributed by atoms with van der Waals surface area (Å²) in [5.41, 5.74) is 7.08. The molecule has 1 aliphatic carbocycles. The Hall–Kier alpha value is -6.27. The Labute approximate surface area is 334 Å². The van der Waals surface area contributed by atoms with Crippen LogP contribution in [-0.2, 0) is 0 Å². The van der Waals surface area contributed by atoms with Crippen molar-refractivity contribution in [3.8, 4) is 0 Å². The normalized spacial score (nSPS) is 18.7. The first-order valence-corrected chi connectivity index (χ1v) is 22.1. The fraction of sp³-hybridized carbons (Fsp3) is 0.0588. The van der Waals surface area contributed by atoms with Crippen molar-refractivity contribution in [3.05, 3.63) is 240 Å². The highest BCUT2D eigenvalue weighted by Crippen LogP contribution is 2.53. The van der Waals surface area contributed by atoms with E-state index < -0.39 is 8.07 Å². The van der Waals surface area contributed by atoms with Crippen molar-refractivity contribution in [3.63, 3.8) is 0 Å². The molecule has 2 heterocycles. The molecule has 268 valence electrons. The number of nitrogens with one attached hydrogen (secondary N) is 1. The van der Waals surface area contributed by atoms with Crippen molar-refractivity contribution in [2.75, 3.05) is 0 Å². The largest absolute Gasteiger partial charge is 0.325 e. The minimum atomic E-state index is -2.72. The Kier molecular flexibility index (Phi) is 9.02. The average molecular weight is 754 g/mol. The minimum absolute atomic E-state index is 0.146. The first-order valence-electron chi connectivity index (χ1n) is 19.3. The molecule has 56 heavy (non-hydrogen) atoms. The molecule has 3 atom stereocenters. The molecule has 0 amide bonds. The van der Waals surface area contributed by atoms with E-state index in [4.69, 9.17) is 9.98 Å². The van der Waals surface area contributed by atoms with Crippen LogP contribution in [0.25, 0.3) is 5.57 Å². The number of amidine groups is 2. The maximum Gasteiger partial charge on any atom is 0.179 e. The van der Waals surface area contributed by atoms with E-state index in [0.29, 0.717) is 0 Å². The van der Waals surface area contributed by atoms with Crippen LogP contribution in [0.4, 0.5) is 0 Å². The third-order valence-electron chi connectivity index (χ3n) is 11.2. The molecular weight excluding hydrogens is 715 g/mol. The maximum atomic E-state index is 5.41. The summed E-state index contributed by atoms with van der Waals surface area (Å²) in [6.07, 6.45) is 4.54. The van der Waals surface area contributed by atoms with Crippen LogP contribution in [-0.4, -0.2) is 25.0 Å². The standard InChI is InChI=1S/C51H39N3SSi/c1-6-19-36(20-7-1)49-52-50(37-21-8-2-9-22-37)54-51(53-49)45-34-39(35-47-48(45)44-31-16-17-32-46(44)55-47)38-23-18-30-43(33-38)56(40-24-10-3-11-25-40,41-26-12-4-13-27-41)42-28-14-5-15-29-42/h1-35,47-49H,(H,52,53,54). The van der Waals surface area contributed by atoms with Crippen LogP contribution in [0, 0.1) is 0 Å². The predicted molar refractivity (Wildman–Crippen MR) is 238 cm³/mol. The molecule has 0 aromatic heterocycles. The lowest BCUT2D eigenvalue weighted by molar-refractivity contribution is 0.746. The van der Waals surface area contributed by atoms with Gasteiger partial charge in [-0.1, -0.05) is 200 Å². The molecule has 1 N–H and O–H groups in total. The number of aliphatic imine (C=N–C) groups is 2. The molecule has 0 fully saturated rings. The minimum Gasteiger partial charge on any atom is -0.325 e. The van der Waals surface area contributed by atoms with Gasteiger partial charge in [-0.2, -0.15) is 0 Å². The van der Waals surface area contributed by atoms with Gasteiger partial charge in [-0.05, 0) is 55.2 Å². The molecule has 5 heteroatoms. The van der Waals surface area contributed by atoms with Crippen molar-refractivity contribution >= 4 is 57.8 Å². The number of hydrogen-bond acceptors (Lipinski definition) is 4. The van der Waals surface area contributed by atoms with Gasteiger partial charge >= 0.3 is 0 Å². The molecule has 0 saturated heterocycles. The van der Waals surface area contributed by atoms with E-state index in [-0.39, 0.29) is 17.3 Å². The van der Waals surface area contributed by atoms with E-state index in [1.807, 2.05) is 23.9 Å². The molecule has 3 unspecified atom stereocenters. The van der Waals surface area contributed by atoms with Crippen LogP contribution < -0.4 is 26.1 Å². The van der Waals surface area contributed by atoms with Crippen LogP contribution in [0.3, 0.4) is 0 Å². The Morgan fingerprint density at radius 1 is 0.482 bits per heavy atom. The van der Waals surface area contributed by atoms with Gasteiger partial charge in [-0.15, -0.1) is 11.8 Å². The number of nitrogens with zero attached hydrogens (tertiary/aromatic N) is 2. The summed E-state index contributed by atoms with van der Waals surface area (Å²) >= 11 is 1.96. The van der Waals surface area contributed by atoms with Crippen molar-refractivity contribution < 1.29 is 0 Å². The number of hydrogen-bond donors (Lipinski definition) is 1. The van der Waals surface area contributed by atoms with E-state index in [9.17, 15) is 0 Å². The molecule has 0 radical (unpaired) electrons. The second-order valence-electron chi connectivity index (χ2n) is 14.5. The molecule has 0 saturated carbocycles. The fourth-order valence-electron chi connectivity index (χ4n) is 8.70. The van der Waals surface area contributed by atoms with Crippen molar-refractivity contribution in [2.45, 2.75) is 22.2 Å². The lowest BCUT2D eigenvalue weighted by atomic mass is 9.81.